The van der Waals surface area contributed by atoms with E-state index in [2.05, 4.69) is 44.9 Å². The van der Waals surface area contributed by atoms with Crippen molar-refractivity contribution in [2.45, 2.75) is 50.5 Å². The topological polar surface area (TPSA) is 130 Å². The van der Waals surface area contributed by atoms with Crippen molar-refractivity contribution in [3.05, 3.63) is 64.6 Å². The molecule has 11 nitrogen and oxygen atoms in total. The summed E-state index contributed by atoms with van der Waals surface area (Å²) in [5.74, 6) is 1.44. The van der Waals surface area contributed by atoms with E-state index < -0.39 is 0 Å². The number of nitrogens with one attached hydrogen (secondary N) is 2. The fourth-order valence-corrected chi connectivity index (χ4v) is 6.47. The highest BCUT2D eigenvalue weighted by atomic mass is 16.2. The zero-order valence-electron chi connectivity index (χ0n) is 23.7. The molecule has 5 heterocycles. The van der Waals surface area contributed by atoms with Gasteiger partial charge in [0.25, 0.3) is 0 Å². The van der Waals surface area contributed by atoms with Crippen molar-refractivity contribution in [3.63, 3.8) is 0 Å². The lowest BCUT2D eigenvalue weighted by Crippen LogP contribution is -2.41. The number of pyridine rings is 2. The normalized spacial score (nSPS) is 20.9. The Morgan fingerprint density at radius 2 is 2.10 bits per heavy atom. The van der Waals surface area contributed by atoms with Gasteiger partial charge in [-0.25, -0.2) is 4.98 Å². The highest BCUT2D eigenvalue weighted by molar-refractivity contribution is 5.78. The van der Waals surface area contributed by atoms with E-state index in [1.165, 1.54) is 16.8 Å². The van der Waals surface area contributed by atoms with Gasteiger partial charge in [-0.05, 0) is 69.5 Å². The molecule has 0 aromatic carbocycles. The van der Waals surface area contributed by atoms with Crippen LogP contribution in [0.15, 0.2) is 42.1 Å². The van der Waals surface area contributed by atoms with Gasteiger partial charge < -0.3 is 26.2 Å². The molecule has 0 radical (unpaired) electrons. The second-order valence-electron chi connectivity index (χ2n) is 11.8. The van der Waals surface area contributed by atoms with Gasteiger partial charge >= 0.3 is 0 Å². The number of likely N-dealkylation sites (N-methyl/N-ethyl adjacent to an activating group) is 1. The number of hydrogen-bond donors (Lipinski definition) is 3. The quantitative estimate of drug-likeness (QED) is 0.422. The maximum absolute atomic E-state index is 12.6. The number of rotatable bonds is 6. The smallest absolute Gasteiger partial charge is 0.248 e. The second kappa shape index (κ2) is 9.99. The lowest BCUT2D eigenvalue weighted by atomic mass is 9.65. The third kappa shape index (κ3) is 4.73. The van der Waals surface area contributed by atoms with E-state index in [1.807, 2.05) is 30.0 Å². The molecule has 41 heavy (non-hydrogen) atoms. The van der Waals surface area contributed by atoms with Crippen LogP contribution in [0.3, 0.4) is 0 Å². The standard InChI is InChI=1S/C30H36N10O/c1-38(2)18-26(41)39-13-8-23-20(17-39)14-21(16-33-23)34-29-36-28(31)40(37-29)25-15-22(27-24(35-25)4-3-12-32-27)30-9-5-19(6-10-30)7-11-30/h5-6,9,14-16,32H,3-4,7-8,10-13,17-18H2,1-2H3,(H3,31,34,36,37). The Morgan fingerprint density at radius 1 is 1.20 bits per heavy atom. The minimum Gasteiger partial charge on any atom is -0.383 e. The van der Waals surface area contributed by atoms with E-state index in [-0.39, 0.29) is 17.3 Å². The van der Waals surface area contributed by atoms with Crippen molar-refractivity contribution in [1.82, 2.24) is 34.5 Å². The number of nitrogens with zero attached hydrogens (tertiary/aromatic N) is 7. The van der Waals surface area contributed by atoms with Crippen molar-refractivity contribution >= 4 is 29.2 Å². The number of aromatic nitrogens is 5. The number of nitrogens with two attached hydrogens (primary N) is 1. The van der Waals surface area contributed by atoms with Gasteiger partial charge in [0.1, 0.15) is 0 Å². The van der Waals surface area contributed by atoms with Gasteiger partial charge in [-0.1, -0.05) is 23.8 Å². The van der Waals surface area contributed by atoms with Crippen molar-refractivity contribution in [1.29, 1.82) is 0 Å². The molecular formula is C30H36N10O. The summed E-state index contributed by atoms with van der Waals surface area (Å²) < 4.78 is 1.63. The Balaban J connectivity index is 1.17. The van der Waals surface area contributed by atoms with Crippen molar-refractivity contribution in [3.8, 4) is 5.82 Å². The van der Waals surface area contributed by atoms with E-state index in [0.717, 1.165) is 67.7 Å². The monoisotopic (exact) mass is 552 g/mol. The van der Waals surface area contributed by atoms with Gasteiger partial charge in [0.15, 0.2) is 5.82 Å². The van der Waals surface area contributed by atoms with Gasteiger partial charge in [-0.3, -0.25) is 9.78 Å². The maximum atomic E-state index is 12.6. The molecule has 212 valence electrons. The Morgan fingerprint density at radius 3 is 2.88 bits per heavy atom. The number of carbonyl (C=O) groups is 1. The molecule has 5 aliphatic rings. The van der Waals surface area contributed by atoms with Gasteiger partial charge in [-0.15, -0.1) is 5.10 Å². The molecule has 3 aliphatic carbocycles. The van der Waals surface area contributed by atoms with Crippen molar-refractivity contribution in [2.75, 3.05) is 50.1 Å². The number of nitrogen functional groups attached to an aromatic ring is 1. The van der Waals surface area contributed by atoms with Gasteiger partial charge in [0.05, 0.1) is 29.8 Å². The van der Waals surface area contributed by atoms with Crippen LogP contribution in [0.25, 0.3) is 5.82 Å². The summed E-state index contributed by atoms with van der Waals surface area (Å²) in [5.41, 5.74) is 14.1. The lowest BCUT2D eigenvalue weighted by molar-refractivity contribution is -0.132. The molecule has 1 unspecified atom stereocenters. The van der Waals surface area contributed by atoms with Gasteiger partial charge in [-0.2, -0.15) is 9.67 Å². The number of carbonyl (C=O) groups excluding carboxylic acids is 1. The molecule has 0 saturated carbocycles. The van der Waals surface area contributed by atoms with Crippen molar-refractivity contribution in [2.24, 2.45) is 0 Å². The highest BCUT2D eigenvalue weighted by Gasteiger charge is 2.38. The predicted molar refractivity (Wildman–Crippen MR) is 158 cm³/mol. The SMILES string of the molecule is CN(C)CC(=O)N1CCc2ncc(Nc3nc(N)n(-c4cc(C56C=CC(=CC5)CC6)c5c(n4)CCCN5)n3)cc2C1. The Hall–Kier alpha value is -4.25. The van der Waals surface area contributed by atoms with E-state index in [4.69, 9.17) is 15.8 Å². The molecule has 3 aromatic heterocycles. The summed E-state index contributed by atoms with van der Waals surface area (Å²) in [7, 11) is 3.81. The first-order valence-corrected chi connectivity index (χ1v) is 14.4. The molecule has 1 atom stereocenters. The fourth-order valence-electron chi connectivity index (χ4n) is 6.47. The summed E-state index contributed by atoms with van der Waals surface area (Å²) >= 11 is 0. The first-order valence-electron chi connectivity index (χ1n) is 14.4. The molecule has 11 heteroatoms. The van der Waals surface area contributed by atoms with Crippen LogP contribution >= 0.6 is 0 Å². The van der Waals surface area contributed by atoms with Gasteiger partial charge in [0, 0.05) is 37.2 Å². The zero-order chi connectivity index (χ0) is 28.1. The summed E-state index contributed by atoms with van der Waals surface area (Å²) in [5, 5.41) is 11.6. The summed E-state index contributed by atoms with van der Waals surface area (Å²) in [6.45, 7) is 2.57. The van der Waals surface area contributed by atoms with Crippen LogP contribution in [-0.2, 0) is 29.6 Å². The zero-order valence-corrected chi connectivity index (χ0v) is 23.7. The Labute approximate surface area is 239 Å². The van der Waals surface area contributed by atoms with Gasteiger partial charge in [0.2, 0.25) is 17.8 Å². The average Bonchev–Trinajstić information content (AvgIpc) is 3.36. The minimum atomic E-state index is -0.0408. The number of anilines is 4. The molecule has 2 aliphatic heterocycles. The van der Waals surface area contributed by atoms with Crippen LogP contribution in [-0.4, -0.2) is 74.2 Å². The largest absolute Gasteiger partial charge is 0.383 e. The number of hydrogen-bond acceptors (Lipinski definition) is 9. The second-order valence-corrected chi connectivity index (χ2v) is 11.8. The van der Waals surface area contributed by atoms with Crippen LogP contribution < -0.4 is 16.4 Å². The molecule has 3 aromatic rings. The van der Waals surface area contributed by atoms with Crippen LogP contribution in [0, 0.1) is 0 Å². The molecule has 1 amide bonds. The Bertz CT molecular complexity index is 1590. The first kappa shape index (κ1) is 25.7. The number of aryl methyl sites for hydroxylation is 1. The molecule has 4 N–H and O–H groups in total. The molecule has 8 rings (SSSR count). The molecule has 0 fully saturated rings. The molecule has 0 saturated heterocycles. The van der Waals surface area contributed by atoms with Crippen molar-refractivity contribution < 1.29 is 4.79 Å². The highest BCUT2D eigenvalue weighted by Crippen LogP contribution is 2.48. The van der Waals surface area contributed by atoms with E-state index in [1.54, 1.807) is 10.9 Å². The summed E-state index contributed by atoms with van der Waals surface area (Å²) in [6.07, 6.45) is 14.7. The lowest BCUT2D eigenvalue weighted by Gasteiger charge is -2.40. The van der Waals surface area contributed by atoms with Crippen LogP contribution in [0.4, 0.5) is 23.3 Å². The third-order valence-electron chi connectivity index (χ3n) is 8.66. The molecule has 0 spiro atoms. The molecule has 2 bridgehead atoms. The van der Waals surface area contributed by atoms with E-state index >= 15 is 0 Å². The van der Waals surface area contributed by atoms with E-state index in [9.17, 15) is 4.79 Å². The average molecular weight is 553 g/mol. The van der Waals surface area contributed by atoms with Crippen LogP contribution in [0.1, 0.15) is 48.2 Å². The predicted octanol–water partition coefficient (Wildman–Crippen LogP) is 3.11. The molecular weight excluding hydrogens is 516 g/mol. The fraction of sp³-hybridized carbons (Fsp3) is 0.433. The summed E-state index contributed by atoms with van der Waals surface area (Å²) in [4.78, 5) is 30.6. The third-order valence-corrected chi connectivity index (χ3v) is 8.66. The summed E-state index contributed by atoms with van der Waals surface area (Å²) in [6, 6.07) is 4.16. The maximum Gasteiger partial charge on any atom is 0.248 e. The number of fused-ring (bicyclic) bond motifs is 4. The van der Waals surface area contributed by atoms with Crippen LogP contribution in [0.5, 0.6) is 0 Å². The Kier molecular flexibility index (Phi) is 6.26. The first-order chi connectivity index (χ1) is 19.9. The minimum absolute atomic E-state index is 0.0408. The van der Waals surface area contributed by atoms with E-state index in [0.29, 0.717) is 31.4 Å². The van der Waals surface area contributed by atoms with Crippen LogP contribution in [0.2, 0.25) is 0 Å². The number of allylic oxidation sites excluding steroid dienone is 4. The number of amides is 1.